The number of carbonyl (C=O) groups is 3. The first-order valence-electron chi connectivity index (χ1n) is 11.5. The van der Waals surface area contributed by atoms with E-state index in [0.717, 1.165) is 19.3 Å². The van der Waals surface area contributed by atoms with E-state index in [4.69, 9.17) is 14.6 Å². The Morgan fingerprint density at radius 3 is 2.69 bits per heavy atom. The molecule has 0 bridgehead atoms. The summed E-state index contributed by atoms with van der Waals surface area (Å²) in [5.41, 5.74) is 0. The highest BCUT2D eigenvalue weighted by Gasteiger charge is 2.26. The molecule has 0 amide bonds. The van der Waals surface area contributed by atoms with Gasteiger partial charge in [-0.25, -0.2) is 0 Å². The van der Waals surface area contributed by atoms with Crippen molar-refractivity contribution in [2.45, 2.75) is 77.4 Å². The van der Waals surface area contributed by atoms with Gasteiger partial charge in [0.1, 0.15) is 6.61 Å². The molecule has 0 aliphatic heterocycles. The molecule has 7 nitrogen and oxygen atoms in total. The highest BCUT2D eigenvalue weighted by atomic mass is 16.6. The van der Waals surface area contributed by atoms with Crippen LogP contribution in [0.15, 0.2) is 36.5 Å². The molecule has 0 saturated heterocycles. The molecule has 0 fully saturated rings. The average Bonchev–Trinajstić information content (AvgIpc) is 3.11. The number of allylic oxidation sites excluding steroid dienone is 5. The lowest BCUT2D eigenvalue weighted by Gasteiger charge is -2.15. The standard InChI is InChI=1S/C25H38O7/c1-3-4-7-11-21(28)14-15-23-20(13-16-24(23)29)10-8-5-6-9-12-25(30)32-22(17-26)18-31-19(2)27/h5,8,13-16,20-23,26,28H,3-4,6-7,9-12,17-18H2,1-2H3/b8-5-,15-14+/t20-,21-,22-,23+/m0/s1. The minimum Gasteiger partial charge on any atom is -0.462 e. The molecule has 0 aromatic rings. The molecule has 1 rings (SSSR count). The van der Waals surface area contributed by atoms with E-state index < -0.39 is 30.8 Å². The minimum atomic E-state index is -0.844. The fourth-order valence-electron chi connectivity index (χ4n) is 3.39. The molecule has 2 N–H and O–H groups in total. The Labute approximate surface area is 191 Å². The van der Waals surface area contributed by atoms with Crippen LogP contribution in [0.4, 0.5) is 0 Å². The van der Waals surface area contributed by atoms with Gasteiger partial charge < -0.3 is 19.7 Å². The SMILES string of the molecule is CCCCC[C@H](O)/C=C/[C@H]1C(=O)C=C[C@@H]1C/C=C\CCCC(=O)O[C@@H](CO)COC(C)=O. The maximum Gasteiger partial charge on any atom is 0.306 e. The second-order valence-corrected chi connectivity index (χ2v) is 8.10. The van der Waals surface area contributed by atoms with E-state index in [-0.39, 0.29) is 30.6 Å². The number of ketones is 1. The van der Waals surface area contributed by atoms with Gasteiger partial charge in [-0.1, -0.05) is 56.6 Å². The number of hydrogen-bond acceptors (Lipinski definition) is 7. The second-order valence-electron chi connectivity index (χ2n) is 8.10. The van der Waals surface area contributed by atoms with Crippen LogP contribution in [0.25, 0.3) is 0 Å². The van der Waals surface area contributed by atoms with Gasteiger partial charge in [-0.05, 0) is 37.7 Å². The molecule has 180 valence electrons. The molecule has 0 saturated carbocycles. The molecule has 0 unspecified atom stereocenters. The van der Waals surface area contributed by atoms with Crippen LogP contribution in [0, 0.1) is 11.8 Å². The van der Waals surface area contributed by atoms with E-state index >= 15 is 0 Å². The molecule has 0 radical (unpaired) electrons. The third-order valence-electron chi connectivity index (χ3n) is 5.24. The number of unbranched alkanes of at least 4 members (excludes halogenated alkanes) is 3. The van der Waals surface area contributed by atoms with Crippen molar-refractivity contribution in [3.63, 3.8) is 0 Å². The van der Waals surface area contributed by atoms with Gasteiger partial charge in [-0.15, -0.1) is 0 Å². The third kappa shape index (κ3) is 12.0. The summed E-state index contributed by atoms with van der Waals surface area (Å²) in [5, 5.41) is 19.2. The largest absolute Gasteiger partial charge is 0.462 e. The lowest BCUT2D eigenvalue weighted by Crippen LogP contribution is -2.28. The van der Waals surface area contributed by atoms with Crippen molar-refractivity contribution < 1.29 is 34.1 Å². The molecule has 0 heterocycles. The first kappa shape index (κ1) is 27.8. The molecule has 1 aliphatic carbocycles. The Bertz CT molecular complexity index is 665. The first-order chi connectivity index (χ1) is 15.4. The zero-order valence-corrected chi connectivity index (χ0v) is 19.3. The summed E-state index contributed by atoms with van der Waals surface area (Å²) in [7, 11) is 0. The van der Waals surface area contributed by atoms with Crippen molar-refractivity contribution in [1.29, 1.82) is 0 Å². The zero-order valence-electron chi connectivity index (χ0n) is 19.3. The highest BCUT2D eigenvalue weighted by Crippen LogP contribution is 2.27. The van der Waals surface area contributed by atoms with Crippen LogP contribution in [-0.4, -0.2) is 53.4 Å². The lowest BCUT2D eigenvalue weighted by molar-refractivity contribution is -0.160. The quantitative estimate of drug-likeness (QED) is 0.211. The van der Waals surface area contributed by atoms with Crippen molar-refractivity contribution >= 4 is 17.7 Å². The number of carbonyl (C=O) groups excluding carboxylic acids is 3. The highest BCUT2D eigenvalue weighted by molar-refractivity contribution is 5.95. The van der Waals surface area contributed by atoms with Crippen molar-refractivity contribution in [2.24, 2.45) is 11.8 Å². The molecule has 7 heteroatoms. The first-order valence-corrected chi connectivity index (χ1v) is 11.5. The average molecular weight is 451 g/mol. The fourth-order valence-corrected chi connectivity index (χ4v) is 3.39. The van der Waals surface area contributed by atoms with Crippen LogP contribution in [0.2, 0.25) is 0 Å². The summed E-state index contributed by atoms with van der Waals surface area (Å²) in [6, 6.07) is 0. The van der Waals surface area contributed by atoms with Crippen LogP contribution in [0.3, 0.4) is 0 Å². The maximum absolute atomic E-state index is 12.1. The van der Waals surface area contributed by atoms with E-state index in [1.165, 1.54) is 6.92 Å². The maximum atomic E-state index is 12.1. The van der Waals surface area contributed by atoms with Gasteiger partial charge in [0.2, 0.25) is 0 Å². The Morgan fingerprint density at radius 2 is 2.00 bits per heavy atom. The molecule has 0 spiro atoms. The van der Waals surface area contributed by atoms with Crippen LogP contribution >= 0.6 is 0 Å². The van der Waals surface area contributed by atoms with Crippen LogP contribution < -0.4 is 0 Å². The Morgan fingerprint density at radius 1 is 1.22 bits per heavy atom. The van der Waals surface area contributed by atoms with E-state index in [1.54, 1.807) is 12.2 Å². The van der Waals surface area contributed by atoms with Crippen LogP contribution in [-0.2, 0) is 23.9 Å². The Balaban J connectivity index is 2.31. The molecule has 4 atom stereocenters. The summed E-state index contributed by atoms with van der Waals surface area (Å²) in [4.78, 5) is 34.7. The summed E-state index contributed by atoms with van der Waals surface area (Å²) in [6.07, 6.45) is 15.8. The normalized spacial score (nSPS) is 20.2. The molecule has 0 aromatic heterocycles. The summed E-state index contributed by atoms with van der Waals surface area (Å²) in [5.74, 6) is -1.03. The van der Waals surface area contributed by atoms with E-state index in [2.05, 4.69) is 6.92 Å². The van der Waals surface area contributed by atoms with Gasteiger partial charge in [-0.2, -0.15) is 0 Å². The number of aliphatic hydroxyl groups excluding tert-OH is 2. The van der Waals surface area contributed by atoms with Gasteiger partial charge in [0.05, 0.1) is 12.7 Å². The number of esters is 2. The van der Waals surface area contributed by atoms with Crippen LogP contribution in [0.5, 0.6) is 0 Å². The van der Waals surface area contributed by atoms with Gasteiger partial charge in [-0.3, -0.25) is 14.4 Å². The summed E-state index contributed by atoms with van der Waals surface area (Å²) in [6.45, 7) is 2.81. The topological polar surface area (TPSA) is 110 Å². The van der Waals surface area contributed by atoms with E-state index in [1.807, 2.05) is 24.3 Å². The summed E-state index contributed by atoms with van der Waals surface area (Å²) < 4.78 is 9.81. The van der Waals surface area contributed by atoms with Crippen molar-refractivity contribution in [2.75, 3.05) is 13.2 Å². The lowest BCUT2D eigenvalue weighted by atomic mass is 9.90. The molecule has 32 heavy (non-hydrogen) atoms. The monoisotopic (exact) mass is 450 g/mol. The van der Waals surface area contributed by atoms with Crippen molar-refractivity contribution in [3.8, 4) is 0 Å². The van der Waals surface area contributed by atoms with Gasteiger partial charge >= 0.3 is 11.9 Å². The van der Waals surface area contributed by atoms with Crippen molar-refractivity contribution in [1.82, 2.24) is 0 Å². The Kier molecular flexibility index (Phi) is 14.2. The smallest absolute Gasteiger partial charge is 0.306 e. The molecule has 0 aromatic carbocycles. The number of hydrogen-bond donors (Lipinski definition) is 2. The van der Waals surface area contributed by atoms with E-state index in [0.29, 0.717) is 25.7 Å². The van der Waals surface area contributed by atoms with Gasteiger partial charge in [0.25, 0.3) is 0 Å². The van der Waals surface area contributed by atoms with Gasteiger partial charge in [0, 0.05) is 19.3 Å². The molecule has 1 aliphatic rings. The second kappa shape index (κ2) is 16.4. The minimum absolute atomic E-state index is 0.0651. The number of ether oxygens (including phenoxy) is 2. The van der Waals surface area contributed by atoms with Gasteiger partial charge in [0.15, 0.2) is 11.9 Å². The molecular weight excluding hydrogens is 412 g/mol. The zero-order chi connectivity index (χ0) is 23.8. The number of rotatable bonds is 16. The fraction of sp³-hybridized carbons (Fsp3) is 0.640. The third-order valence-corrected chi connectivity index (χ3v) is 5.24. The molecular formula is C25H38O7. The van der Waals surface area contributed by atoms with Crippen molar-refractivity contribution in [3.05, 3.63) is 36.5 Å². The number of aliphatic hydroxyl groups is 2. The predicted octanol–water partition coefficient (Wildman–Crippen LogP) is 3.44. The van der Waals surface area contributed by atoms with Crippen LogP contribution in [0.1, 0.15) is 65.2 Å². The predicted molar refractivity (Wildman–Crippen MR) is 122 cm³/mol. The van der Waals surface area contributed by atoms with E-state index in [9.17, 15) is 19.5 Å². The summed E-state index contributed by atoms with van der Waals surface area (Å²) >= 11 is 0. The Hall–Kier alpha value is -2.25.